The third-order valence-corrected chi connectivity index (χ3v) is 4.06. The van der Waals surface area contributed by atoms with Crippen LogP contribution in [0.1, 0.15) is 39.0 Å². The number of guanidine groups is 1. The van der Waals surface area contributed by atoms with E-state index >= 15 is 0 Å². The van der Waals surface area contributed by atoms with E-state index in [4.69, 9.17) is 9.47 Å². The van der Waals surface area contributed by atoms with Crippen molar-refractivity contribution >= 4 is 29.9 Å². The summed E-state index contributed by atoms with van der Waals surface area (Å²) in [5, 5.41) is 6.59. The van der Waals surface area contributed by atoms with E-state index < -0.39 is 0 Å². The van der Waals surface area contributed by atoms with Gasteiger partial charge in [0, 0.05) is 32.8 Å². The molecule has 0 spiro atoms. The van der Waals surface area contributed by atoms with Gasteiger partial charge in [-0.25, -0.2) is 4.39 Å². The van der Waals surface area contributed by atoms with Crippen molar-refractivity contribution in [3.63, 3.8) is 0 Å². The molecule has 0 aromatic heterocycles. The Labute approximate surface area is 179 Å². The van der Waals surface area contributed by atoms with Crippen molar-refractivity contribution in [3.8, 4) is 5.75 Å². The van der Waals surface area contributed by atoms with E-state index in [1.165, 1.54) is 25.0 Å². The third-order valence-electron chi connectivity index (χ3n) is 4.06. The van der Waals surface area contributed by atoms with Crippen LogP contribution in [-0.2, 0) is 4.74 Å². The Morgan fingerprint density at radius 1 is 1.11 bits per heavy atom. The molecule has 0 bridgehead atoms. The molecule has 0 unspecified atom stereocenters. The van der Waals surface area contributed by atoms with Crippen LogP contribution in [-0.4, -0.2) is 45.4 Å². The molecular weight excluding hydrogens is 460 g/mol. The lowest BCUT2D eigenvalue weighted by atomic mass is 10.3. The summed E-state index contributed by atoms with van der Waals surface area (Å²) in [5.41, 5.74) is 0. The van der Waals surface area contributed by atoms with Gasteiger partial charge in [0.05, 0.1) is 6.61 Å². The summed E-state index contributed by atoms with van der Waals surface area (Å²) < 4.78 is 24.0. The van der Waals surface area contributed by atoms with Gasteiger partial charge in [0.2, 0.25) is 0 Å². The van der Waals surface area contributed by atoms with Crippen molar-refractivity contribution in [1.82, 2.24) is 10.6 Å². The molecule has 0 saturated heterocycles. The maximum Gasteiger partial charge on any atom is 0.191 e. The second-order valence-electron chi connectivity index (χ2n) is 6.57. The minimum atomic E-state index is -0.244. The van der Waals surface area contributed by atoms with E-state index in [1.54, 1.807) is 12.1 Å². The highest BCUT2D eigenvalue weighted by Gasteiger charge is 2.20. The standard InChI is InChI=1S/C20H32FN3O2.HI/c1-2-22-20(24-13-5-14-25-16-17-6-7-17)23-12-3-4-15-26-19-10-8-18(21)9-11-19;/h8-11,17H,2-7,12-16H2,1H3,(H2,22,23,24);1H. The van der Waals surface area contributed by atoms with E-state index in [0.717, 1.165) is 64.0 Å². The Morgan fingerprint density at radius 3 is 2.59 bits per heavy atom. The number of nitrogens with one attached hydrogen (secondary N) is 2. The van der Waals surface area contributed by atoms with E-state index in [1.807, 2.05) is 0 Å². The average Bonchev–Trinajstić information content (AvgIpc) is 3.46. The van der Waals surface area contributed by atoms with Crippen LogP contribution in [0.4, 0.5) is 4.39 Å². The first-order valence-electron chi connectivity index (χ1n) is 9.76. The molecule has 0 amide bonds. The summed E-state index contributed by atoms with van der Waals surface area (Å²) >= 11 is 0. The maximum absolute atomic E-state index is 12.8. The zero-order chi connectivity index (χ0) is 18.5. The van der Waals surface area contributed by atoms with Crippen LogP contribution in [0.5, 0.6) is 5.75 Å². The average molecular weight is 493 g/mol. The minimum absolute atomic E-state index is 0. The lowest BCUT2D eigenvalue weighted by molar-refractivity contribution is 0.123. The monoisotopic (exact) mass is 493 g/mol. The molecule has 1 saturated carbocycles. The minimum Gasteiger partial charge on any atom is -0.494 e. The maximum atomic E-state index is 12.8. The van der Waals surface area contributed by atoms with Crippen molar-refractivity contribution in [2.75, 3.05) is 39.5 Å². The molecule has 0 radical (unpaired) electrons. The molecule has 1 aliphatic rings. The first kappa shape index (κ1) is 23.9. The van der Waals surface area contributed by atoms with Gasteiger partial charge in [-0.2, -0.15) is 0 Å². The van der Waals surface area contributed by atoms with E-state index in [9.17, 15) is 4.39 Å². The largest absolute Gasteiger partial charge is 0.494 e. The van der Waals surface area contributed by atoms with Gasteiger partial charge in [0.15, 0.2) is 5.96 Å². The molecular formula is C20H33FIN3O2. The molecule has 7 heteroatoms. The van der Waals surface area contributed by atoms with Crippen LogP contribution >= 0.6 is 24.0 Å². The topological polar surface area (TPSA) is 54.9 Å². The SMILES string of the molecule is CCNC(=NCCCOCC1CC1)NCCCCOc1ccc(F)cc1.I. The van der Waals surface area contributed by atoms with E-state index in [-0.39, 0.29) is 29.8 Å². The van der Waals surface area contributed by atoms with Crippen molar-refractivity contribution in [2.24, 2.45) is 10.9 Å². The summed E-state index contributed by atoms with van der Waals surface area (Å²) in [4.78, 5) is 4.57. The van der Waals surface area contributed by atoms with Crippen LogP contribution in [0.2, 0.25) is 0 Å². The molecule has 2 N–H and O–H groups in total. The number of hydrogen-bond acceptors (Lipinski definition) is 3. The Hall–Kier alpha value is -1.09. The highest BCUT2D eigenvalue weighted by Crippen LogP contribution is 2.28. The molecule has 2 rings (SSSR count). The summed E-state index contributed by atoms with van der Waals surface area (Å²) in [5.74, 6) is 2.14. The van der Waals surface area contributed by atoms with Crippen molar-refractivity contribution in [1.29, 1.82) is 0 Å². The second kappa shape index (κ2) is 14.9. The summed E-state index contributed by atoms with van der Waals surface area (Å²) in [6.07, 6.45) is 5.53. The van der Waals surface area contributed by atoms with Crippen LogP contribution in [0.3, 0.4) is 0 Å². The van der Waals surface area contributed by atoms with Gasteiger partial charge in [0.1, 0.15) is 11.6 Å². The number of unbranched alkanes of at least 4 members (excludes halogenated alkanes) is 1. The van der Waals surface area contributed by atoms with E-state index in [2.05, 4.69) is 22.5 Å². The predicted molar refractivity (Wildman–Crippen MR) is 119 cm³/mol. The summed E-state index contributed by atoms with van der Waals surface area (Å²) in [6.45, 7) is 6.86. The molecule has 1 aliphatic carbocycles. The molecule has 154 valence electrons. The van der Waals surface area contributed by atoms with Crippen molar-refractivity contribution in [2.45, 2.75) is 39.0 Å². The lowest BCUT2D eigenvalue weighted by Gasteiger charge is -2.11. The van der Waals surface area contributed by atoms with Gasteiger partial charge < -0.3 is 20.1 Å². The summed E-state index contributed by atoms with van der Waals surface area (Å²) in [7, 11) is 0. The van der Waals surface area contributed by atoms with Crippen LogP contribution in [0.15, 0.2) is 29.3 Å². The van der Waals surface area contributed by atoms with Gasteiger partial charge in [-0.05, 0) is 69.2 Å². The normalized spacial score (nSPS) is 13.8. The Morgan fingerprint density at radius 2 is 1.89 bits per heavy atom. The van der Waals surface area contributed by atoms with Crippen molar-refractivity contribution < 1.29 is 13.9 Å². The fourth-order valence-electron chi connectivity index (χ4n) is 2.39. The number of halogens is 2. The number of ether oxygens (including phenoxy) is 2. The lowest BCUT2D eigenvalue weighted by Crippen LogP contribution is -2.38. The second-order valence-corrected chi connectivity index (χ2v) is 6.57. The Bertz CT molecular complexity index is 524. The fourth-order valence-corrected chi connectivity index (χ4v) is 2.39. The molecule has 1 aromatic carbocycles. The fraction of sp³-hybridized carbons (Fsp3) is 0.650. The smallest absolute Gasteiger partial charge is 0.191 e. The third kappa shape index (κ3) is 12.1. The molecule has 27 heavy (non-hydrogen) atoms. The van der Waals surface area contributed by atoms with Gasteiger partial charge in [-0.3, -0.25) is 4.99 Å². The Balaban J connectivity index is 0.00000364. The van der Waals surface area contributed by atoms with Crippen LogP contribution < -0.4 is 15.4 Å². The predicted octanol–water partition coefficient (Wildman–Crippen LogP) is 3.97. The van der Waals surface area contributed by atoms with Gasteiger partial charge >= 0.3 is 0 Å². The molecule has 5 nitrogen and oxygen atoms in total. The van der Waals surface area contributed by atoms with Crippen LogP contribution in [0, 0.1) is 11.7 Å². The van der Waals surface area contributed by atoms with Gasteiger partial charge in [-0.15, -0.1) is 24.0 Å². The van der Waals surface area contributed by atoms with Crippen molar-refractivity contribution in [3.05, 3.63) is 30.1 Å². The molecule has 1 fully saturated rings. The first-order valence-corrected chi connectivity index (χ1v) is 9.76. The zero-order valence-electron chi connectivity index (χ0n) is 16.2. The molecule has 0 aliphatic heterocycles. The number of rotatable bonds is 13. The zero-order valence-corrected chi connectivity index (χ0v) is 18.5. The number of aliphatic imine (C=N–C) groups is 1. The van der Waals surface area contributed by atoms with Crippen LogP contribution in [0.25, 0.3) is 0 Å². The highest BCUT2D eigenvalue weighted by atomic mass is 127. The molecule has 0 atom stereocenters. The van der Waals surface area contributed by atoms with Gasteiger partial charge in [0.25, 0.3) is 0 Å². The van der Waals surface area contributed by atoms with E-state index in [0.29, 0.717) is 12.4 Å². The molecule has 0 heterocycles. The molecule has 1 aromatic rings. The van der Waals surface area contributed by atoms with Gasteiger partial charge in [-0.1, -0.05) is 0 Å². The number of benzene rings is 1. The quantitative estimate of drug-likeness (QED) is 0.189. The first-order chi connectivity index (χ1) is 12.8. The number of nitrogens with zero attached hydrogens (tertiary/aromatic N) is 1. The highest BCUT2D eigenvalue weighted by molar-refractivity contribution is 14.0. The number of hydrogen-bond donors (Lipinski definition) is 2. The Kier molecular flexibility index (Phi) is 13.2. The summed E-state index contributed by atoms with van der Waals surface area (Å²) in [6, 6.07) is 6.12.